The fraction of sp³-hybridized carbons (Fsp3) is 0.571. The van der Waals surface area contributed by atoms with Gasteiger partial charge in [0, 0.05) is 0 Å². The van der Waals surface area contributed by atoms with Crippen LogP contribution in [0.25, 0.3) is 0 Å². The van der Waals surface area contributed by atoms with Crippen molar-refractivity contribution in [3.63, 3.8) is 0 Å². The van der Waals surface area contributed by atoms with Gasteiger partial charge in [-0.15, -0.1) is 0 Å². The zero-order valence-corrected chi connectivity index (χ0v) is 25.0. The fourth-order valence-corrected chi connectivity index (χ4v) is 8.94. The lowest BCUT2D eigenvalue weighted by Gasteiger charge is -2.39. The van der Waals surface area contributed by atoms with Crippen LogP contribution >= 0.6 is 31.0 Å². The summed E-state index contributed by atoms with van der Waals surface area (Å²) in [5.74, 6) is 0. The second kappa shape index (κ2) is 9.03. The van der Waals surface area contributed by atoms with Crippen LogP contribution < -0.4 is 0 Å². The molecule has 0 amide bonds. The fourth-order valence-electron chi connectivity index (χ4n) is 4.51. The van der Waals surface area contributed by atoms with Crippen LogP contribution in [-0.4, -0.2) is 50.0 Å². The Hall–Kier alpha value is -0.510. The quantitative estimate of drug-likeness (QED) is 0.395. The molecule has 0 bridgehead atoms. The Labute approximate surface area is 200 Å². The number of benzene rings is 2. The Morgan fingerprint density at radius 2 is 1.26 bits per heavy atom. The van der Waals surface area contributed by atoms with Gasteiger partial charge >= 0.3 is 0 Å². The first-order valence-electron chi connectivity index (χ1n) is 11.2. The predicted molar refractivity (Wildman–Crippen MR) is 155 cm³/mol. The van der Waals surface area contributed by atoms with Crippen LogP contribution in [0.15, 0.2) is 51.1 Å². The third-order valence-electron chi connectivity index (χ3n) is 5.95. The van der Waals surface area contributed by atoms with Gasteiger partial charge in [-0.2, -0.15) is 0 Å². The van der Waals surface area contributed by atoms with Crippen molar-refractivity contribution in [1.82, 2.24) is 0 Å². The van der Waals surface area contributed by atoms with E-state index in [-0.39, 0.29) is 21.7 Å². The lowest BCUT2D eigenvalue weighted by molar-refractivity contribution is 0.509. The first-order chi connectivity index (χ1) is 13.9. The Bertz CT molecular complexity index is 917. The molecule has 0 unspecified atom stereocenters. The summed E-state index contributed by atoms with van der Waals surface area (Å²) < 4.78 is 0. The topological polar surface area (TPSA) is 0 Å². The van der Waals surface area contributed by atoms with Crippen molar-refractivity contribution in [3.05, 3.63) is 53.1 Å². The third kappa shape index (κ3) is 6.30. The molecule has 2 rings (SSSR count). The molecule has 178 valence electrons. The SMILES string of the molecule is C[SH](C)c1cc(CC(C)(C)c2ccccc2S(C)(C)C)cc(S(C)(C)C)c1C(C)(C)C. The lowest BCUT2D eigenvalue weighted by atomic mass is 9.78. The molecule has 0 fully saturated rings. The van der Waals surface area contributed by atoms with Gasteiger partial charge in [0.25, 0.3) is 0 Å². The molecule has 0 saturated heterocycles. The summed E-state index contributed by atoms with van der Waals surface area (Å²) in [4.78, 5) is 4.79. The van der Waals surface area contributed by atoms with Gasteiger partial charge in [0.2, 0.25) is 0 Å². The molecule has 2 aromatic rings. The van der Waals surface area contributed by atoms with E-state index in [1.165, 1.54) is 11.1 Å². The van der Waals surface area contributed by atoms with Crippen molar-refractivity contribution in [2.24, 2.45) is 0 Å². The minimum absolute atomic E-state index is 0.103. The van der Waals surface area contributed by atoms with E-state index in [0.29, 0.717) is 0 Å². The summed E-state index contributed by atoms with van der Waals surface area (Å²) in [5.41, 5.74) is 4.94. The van der Waals surface area contributed by atoms with Crippen LogP contribution in [0, 0.1) is 0 Å². The molecule has 0 aliphatic carbocycles. The van der Waals surface area contributed by atoms with E-state index in [9.17, 15) is 0 Å². The van der Waals surface area contributed by atoms with Gasteiger partial charge in [-0.3, -0.25) is 0 Å². The minimum Gasteiger partial charge on any atom is -0.232 e. The largest absolute Gasteiger partial charge is 0.232 e. The lowest BCUT2D eigenvalue weighted by Crippen LogP contribution is -2.24. The molecular weight excluding hydrogens is 433 g/mol. The Morgan fingerprint density at radius 3 is 1.71 bits per heavy atom. The van der Waals surface area contributed by atoms with Gasteiger partial charge < -0.3 is 0 Å². The predicted octanol–water partition coefficient (Wildman–Crippen LogP) is 8.23. The first kappa shape index (κ1) is 26.7. The Balaban J connectivity index is 2.70. The van der Waals surface area contributed by atoms with Crippen LogP contribution in [0.2, 0.25) is 0 Å². The Morgan fingerprint density at radius 1 is 0.742 bits per heavy atom. The van der Waals surface area contributed by atoms with Crippen LogP contribution in [0.5, 0.6) is 0 Å². The summed E-state index contributed by atoms with van der Waals surface area (Å²) in [6, 6.07) is 14.3. The van der Waals surface area contributed by atoms with Crippen molar-refractivity contribution in [1.29, 1.82) is 0 Å². The van der Waals surface area contributed by atoms with E-state index in [0.717, 1.165) is 6.42 Å². The molecule has 3 heteroatoms. The first-order valence-corrected chi connectivity index (χ1v) is 19.1. The molecule has 31 heavy (non-hydrogen) atoms. The normalized spacial score (nSPS) is 15.1. The smallest absolute Gasteiger partial charge is 0.00527 e. The highest BCUT2D eigenvalue weighted by atomic mass is 32.3. The molecule has 0 radical (unpaired) electrons. The molecule has 0 aromatic heterocycles. The maximum atomic E-state index is 2.58. The van der Waals surface area contributed by atoms with Gasteiger partial charge in [0.15, 0.2) is 0 Å². The van der Waals surface area contributed by atoms with Crippen LogP contribution in [0.3, 0.4) is 0 Å². The van der Waals surface area contributed by atoms with Gasteiger partial charge in [-0.25, -0.2) is 31.0 Å². The molecule has 2 aromatic carbocycles. The average molecular weight is 481 g/mol. The molecule has 0 heterocycles. The highest BCUT2D eigenvalue weighted by Gasteiger charge is 2.30. The molecule has 0 aliphatic heterocycles. The van der Waals surface area contributed by atoms with E-state index in [2.05, 4.69) is 121 Å². The summed E-state index contributed by atoms with van der Waals surface area (Å²) in [5, 5.41) is 0. The average Bonchev–Trinajstić information content (AvgIpc) is 2.58. The highest BCUT2D eigenvalue weighted by Crippen LogP contribution is 2.55. The monoisotopic (exact) mass is 480 g/mol. The van der Waals surface area contributed by atoms with Crippen LogP contribution in [0.4, 0.5) is 0 Å². The zero-order valence-electron chi connectivity index (χ0n) is 22.4. The van der Waals surface area contributed by atoms with Gasteiger partial charge in [0.05, 0.1) is 0 Å². The van der Waals surface area contributed by atoms with Crippen LogP contribution in [-0.2, 0) is 17.3 Å². The van der Waals surface area contributed by atoms with E-state index >= 15 is 0 Å². The summed E-state index contributed by atoms with van der Waals surface area (Å²) in [6.45, 7) is 12.1. The highest BCUT2D eigenvalue weighted by molar-refractivity contribution is 8.32. The molecular formula is C28H48S3. The minimum atomic E-state index is -0.832. The van der Waals surface area contributed by atoms with Crippen molar-refractivity contribution < 1.29 is 0 Å². The molecule has 0 atom stereocenters. The van der Waals surface area contributed by atoms with Crippen molar-refractivity contribution in [2.45, 2.75) is 66.6 Å². The van der Waals surface area contributed by atoms with E-state index in [4.69, 9.17) is 0 Å². The molecule has 0 spiro atoms. The zero-order chi connectivity index (χ0) is 24.0. The number of hydrogen-bond acceptors (Lipinski definition) is 0. The van der Waals surface area contributed by atoms with E-state index in [1.54, 1.807) is 20.2 Å². The maximum absolute atomic E-state index is 2.58. The second-order valence-electron chi connectivity index (χ2n) is 12.4. The van der Waals surface area contributed by atoms with Crippen molar-refractivity contribution in [2.75, 3.05) is 50.0 Å². The maximum Gasteiger partial charge on any atom is -0.00527 e. The number of hydrogen-bond donors (Lipinski definition) is 1. The summed E-state index contributed by atoms with van der Waals surface area (Å²) in [7, 11) is -1.78. The van der Waals surface area contributed by atoms with Crippen molar-refractivity contribution >= 4 is 31.0 Å². The third-order valence-corrected chi connectivity index (χ3v) is 10.6. The molecule has 0 nitrogen and oxygen atoms in total. The molecule has 0 saturated carbocycles. The standard InChI is InChI=1S/C28H48S3/c1-27(2,3)26-23(29(6)7)18-21(19-25(26)31(11,12)13)20-28(4,5)22-16-14-15-17-24(22)30(8,9)10/h14-19,29H,20H2,1-13H3. The molecule has 0 N–H and O–H groups in total. The summed E-state index contributed by atoms with van der Waals surface area (Å²) >= 11 is 0. The van der Waals surface area contributed by atoms with E-state index in [1.807, 2.05) is 0 Å². The van der Waals surface area contributed by atoms with Gasteiger partial charge in [0.1, 0.15) is 0 Å². The molecule has 0 aliphatic rings. The number of rotatable bonds is 6. The van der Waals surface area contributed by atoms with Gasteiger partial charge in [-0.05, 0) is 117 Å². The van der Waals surface area contributed by atoms with Crippen molar-refractivity contribution in [3.8, 4) is 0 Å². The second-order valence-corrected chi connectivity index (χ2v) is 22.9. The Kier molecular flexibility index (Phi) is 7.79. The van der Waals surface area contributed by atoms with E-state index < -0.39 is 20.1 Å². The summed E-state index contributed by atoms with van der Waals surface area (Å²) in [6.07, 6.45) is 20.6. The number of thiol groups is 1. The van der Waals surface area contributed by atoms with Crippen LogP contribution in [0.1, 0.15) is 51.3 Å². The van der Waals surface area contributed by atoms with Gasteiger partial charge in [-0.1, -0.05) is 52.8 Å².